The lowest BCUT2D eigenvalue weighted by molar-refractivity contribution is -0.142. The molecule has 0 saturated heterocycles. The molecule has 3 rings (SSSR count). The predicted octanol–water partition coefficient (Wildman–Crippen LogP) is 1.17. The standard InChI is InChI=1S/C26H33N5O5/c27-12-4-3-7-22(26(35)36)30-25(34)23(13-16-8-10-18(32)11-9-16)31-24(33)20(28)14-17-15-29-21-6-2-1-5-19(17)21/h1-2,5-6,8-11,15,20,22-23,29,32H,3-4,7,12-14,27-28H2,(H,30,34)(H,31,33)(H,35,36)/t20-,22-,23-/m0/s1. The number of aliphatic carboxylic acids is 1. The highest BCUT2D eigenvalue weighted by Gasteiger charge is 2.28. The Morgan fingerprint density at radius 3 is 2.31 bits per heavy atom. The number of carboxylic acids is 1. The Hall–Kier alpha value is -3.89. The average Bonchev–Trinajstić information content (AvgIpc) is 3.26. The number of benzene rings is 2. The minimum Gasteiger partial charge on any atom is -0.508 e. The molecule has 10 nitrogen and oxygen atoms in total. The summed E-state index contributed by atoms with van der Waals surface area (Å²) < 4.78 is 0. The summed E-state index contributed by atoms with van der Waals surface area (Å²) in [5.74, 6) is -2.26. The number of amides is 2. The van der Waals surface area contributed by atoms with Crippen LogP contribution in [0.3, 0.4) is 0 Å². The topological polar surface area (TPSA) is 184 Å². The summed E-state index contributed by atoms with van der Waals surface area (Å²) in [4.78, 5) is 40.9. The van der Waals surface area contributed by atoms with E-state index in [9.17, 15) is 24.6 Å². The minimum atomic E-state index is -1.16. The molecule has 0 fully saturated rings. The lowest BCUT2D eigenvalue weighted by atomic mass is 10.0. The van der Waals surface area contributed by atoms with Gasteiger partial charge in [-0.25, -0.2) is 4.79 Å². The highest BCUT2D eigenvalue weighted by Crippen LogP contribution is 2.19. The zero-order valence-electron chi connectivity index (χ0n) is 19.9. The summed E-state index contributed by atoms with van der Waals surface area (Å²) in [6.45, 7) is 0.425. The molecule has 0 unspecified atom stereocenters. The predicted molar refractivity (Wildman–Crippen MR) is 136 cm³/mol. The van der Waals surface area contributed by atoms with E-state index in [1.54, 1.807) is 18.3 Å². The first kappa shape index (κ1) is 26.7. The third-order valence-electron chi connectivity index (χ3n) is 6.02. The van der Waals surface area contributed by atoms with Crippen LogP contribution in [0.1, 0.15) is 30.4 Å². The molecular weight excluding hydrogens is 462 g/mol. The van der Waals surface area contributed by atoms with Crippen molar-refractivity contribution in [1.29, 1.82) is 0 Å². The number of phenols is 1. The summed E-state index contributed by atoms with van der Waals surface area (Å²) >= 11 is 0. The molecule has 10 heteroatoms. The van der Waals surface area contributed by atoms with Crippen LogP contribution in [0.15, 0.2) is 54.7 Å². The van der Waals surface area contributed by atoms with E-state index in [0.717, 1.165) is 16.5 Å². The van der Waals surface area contributed by atoms with Gasteiger partial charge in [-0.2, -0.15) is 0 Å². The molecule has 2 amide bonds. The van der Waals surface area contributed by atoms with Gasteiger partial charge in [0.15, 0.2) is 0 Å². The Morgan fingerprint density at radius 2 is 1.61 bits per heavy atom. The molecule has 192 valence electrons. The molecule has 3 atom stereocenters. The van der Waals surface area contributed by atoms with Gasteiger partial charge < -0.3 is 37.3 Å². The number of aromatic amines is 1. The van der Waals surface area contributed by atoms with Crippen molar-refractivity contribution < 1.29 is 24.6 Å². The van der Waals surface area contributed by atoms with Crippen LogP contribution in [0, 0.1) is 0 Å². The molecule has 1 aromatic heterocycles. The smallest absolute Gasteiger partial charge is 0.326 e. The molecule has 0 spiro atoms. The molecule has 3 aromatic rings. The summed E-state index contributed by atoms with van der Waals surface area (Å²) in [5.41, 5.74) is 14.2. The second-order valence-corrected chi connectivity index (χ2v) is 8.79. The number of hydrogen-bond acceptors (Lipinski definition) is 6. The van der Waals surface area contributed by atoms with Gasteiger partial charge in [-0.3, -0.25) is 9.59 Å². The van der Waals surface area contributed by atoms with Gasteiger partial charge in [0.05, 0.1) is 6.04 Å². The Kier molecular flexibility index (Phi) is 9.43. The number of H-pyrrole nitrogens is 1. The molecule has 0 saturated carbocycles. The molecule has 36 heavy (non-hydrogen) atoms. The lowest BCUT2D eigenvalue weighted by Crippen LogP contribution is -2.55. The maximum Gasteiger partial charge on any atom is 0.326 e. The fourth-order valence-electron chi connectivity index (χ4n) is 4.01. The van der Waals surface area contributed by atoms with Crippen LogP contribution >= 0.6 is 0 Å². The van der Waals surface area contributed by atoms with Gasteiger partial charge in [-0.05, 0) is 61.6 Å². The highest BCUT2D eigenvalue weighted by atomic mass is 16.4. The summed E-state index contributed by atoms with van der Waals surface area (Å²) in [5, 5.41) is 25.3. The van der Waals surface area contributed by atoms with Crippen LogP contribution in [0.4, 0.5) is 0 Å². The van der Waals surface area contributed by atoms with Crippen LogP contribution in [-0.4, -0.2) is 57.7 Å². The number of aromatic nitrogens is 1. The molecule has 0 radical (unpaired) electrons. The number of carboxylic acid groups (broad SMARTS) is 1. The largest absolute Gasteiger partial charge is 0.508 e. The van der Waals surface area contributed by atoms with Crippen molar-refractivity contribution in [2.75, 3.05) is 6.54 Å². The third-order valence-corrected chi connectivity index (χ3v) is 6.02. The Labute approximate surface area is 209 Å². The van der Waals surface area contributed by atoms with Gasteiger partial charge in [0, 0.05) is 23.5 Å². The monoisotopic (exact) mass is 495 g/mol. The third kappa shape index (κ3) is 7.30. The number of rotatable bonds is 13. The van der Waals surface area contributed by atoms with Crippen molar-refractivity contribution >= 4 is 28.7 Å². The first-order valence-corrected chi connectivity index (χ1v) is 11.9. The number of unbranched alkanes of at least 4 members (excludes halogenated alkanes) is 1. The first-order chi connectivity index (χ1) is 17.3. The minimum absolute atomic E-state index is 0.0652. The second kappa shape index (κ2) is 12.7. The van der Waals surface area contributed by atoms with Crippen molar-refractivity contribution in [3.8, 4) is 5.75 Å². The van der Waals surface area contributed by atoms with Crippen LogP contribution in [0.25, 0.3) is 10.9 Å². The normalized spacial score (nSPS) is 13.6. The van der Waals surface area contributed by atoms with E-state index in [4.69, 9.17) is 11.5 Å². The number of nitrogens with one attached hydrogen (secondary N) is 3. The van der Waals surface area contributed by atoms with E-state index in [0.29, 0.717) is 24.9 Å². The number of para-hydroxylation sites is 1. The van der Waals surface area contributed by atoms with Gasteiger partial charge in [0.1, 0.15) is 17.8 Å². The molecule has 2 aromatic carbocycles. The maximum atomic E-state index is 13.1. The number of fused-ring (bicyclic) bond motifs is 1. The van der Waals surface area contributed by atoms with Crippen LogP contribution in [0.5, 0.6) is 5.75 Å². The van der Waals surface area contributed by atoms with Crippen molar-refractivity contribution in [3.05, 3.63) is 65.9 Å². The molecule has 0 bridgehead atoms. The van der Waals surface area contributed by atoms with Gasteiger partial charge in [-0.15, -0.1) is 0 Å². The fraction of sp³-hybridized carbons (Fsp3) is 0.346. The molecule has 1 heterocycles. The number of nitrogens with two attached hydrogens (primary N) is 2. The van der Waals surface area contributed by atoms with Crippen LogP contribution in [0.2, 0.25) is 0 Å². The van der Waals surface area contributed by atoms with E-state index in [2.05, 4.69) is 15.6 Å². The first-order valence-electron chi connectivity index (χ1n) is 11.9. The van der Waals surface area contributed by atoms with E-state index in [1.807, 2.05) is 24.3 Å². The van der Waals surface area contributed by atoms with Crippen molar-refractivity contribution in [3.63, 3.8) is 0 Å². The molecule has 9 N–H and O–H groups in total. The molecule has 0 aliphatic heterocycles. The average molecular weight is 496 g/mol. The Bertz CT molecular complexity index is 1180. The summed E-state index contributed by atoms with van der Waals surface area (Å²) in [6, 6.07) is 10.8. The van der Waals surface area contributed by atoms with E-state index in [1.165, 1.54) is 12.1 Å². The molecule has 0 aliphatic carbocycles. The van der Waals surface area contributed by atoms with Crippen molar-refractivity contribution in [2.45, 2.75) is 50.2 Å². The zero-order chi connectivity index (χ0) is 26.1. The zero-order valence-corrected chi connectivity index (χ0v) is 19.9. The van der Waals surface area contributed by atoms with Gasteiger partial charge in [0.2, 0.25) is 11.8 Å². The van der Waals surface area contributed by atoms with Crippen LogP contribution in [-0.2, 0) is 27.2 Å². The summed E-state index contributed by atoms with van der Waals surface area (Å²) in [6.07, 6.45) is 3.54. The number of carbonyl (C=O) groups excluding carboxylic acids is 2. The fourth-order valence-corrected chi connectivity index (χ4v) is 4.01. The van der Waals surface area contributed by atoms with Gasteiger partial charge >= 0.3 is 5.97 Å². The SMILES string of the molecule is NCCCC[C@H](NC(=O)[C@H](Cc1ccc(O)cc1)NC(=O)[C@@H](N)Cc1c[nH]c2ccccc12)C(=O)O. The number of hydrogen-bond donors (Lipinski definition) is 7. The number of aromatic hydroxyl groups is 1. The van der Waals surface area contributed by atoms with Crippen molar-refractivity contribution in [2.24, 2.45) is 11.5 Å². The van der Waals surface area contributed by atoms with Gasteiger partial charge in [-0.1, -0.05) is 30.3 Å². The number of phenolic OH excluding ortho intramolecular Hbond substituents is 1. The van der Waals surface area contributed by atoms with Crippen LogP contribution < -0.4 is 22.1 Å². The maximum absolute atomic E-state index is 13.1. The Balaban J connectivity index is 1.72. The highest BCUT2D eigenvalue weighted by molar-refractivity contribution is 5.92. The Morgan fingerprint density at radius 1 is 0.917 bits per heavy atom. The lowest BCUT2D eigenvalue weighted by Gasteiger charge is -2.23. The number of carbonyl (C=O) groups is 3. The molecular formula is C26H33N5O5. The van der Waals surface area contributed by atoms with Crippen molar-refractivity contribution in [1.82, 2.24) is 15.6 Å². The van der Waals surface area contributed by atoms with Gasteiger partial charge in [0.25, 0.3) is 0 Å². The van der Waals surface area contributed by atoms with E-state index < -0.39 is 35.9 Å². The molecule has 0 aliphatic rings. The quantitative estimate of drug-likeness (QED) is 0.174. The second-order valence-electron chi connectivity index (χ2n) is 8.79. The van der Waals surface area contributed by atoms with E-state index >= 15 is 0 Å². The summed E-state index contributed by atoms with van der Waals surface area (Å²) in [7, 11) is 0. The van der Waals surface area contributed by atoms with E-state index in [-0.39, 0.29) is 25.0 Å².